The summed E-state index contributed by atoms with van der Waals surface area (Å²) in [5, 5.41) is 3.06. The first-order valence-electron chi connectivity index (χ1n) is 7.92. The zero-order valence-electron chi connectivity index (χ0n) is 13.3. The number of aromatic nitrogens is 4. The summed E-state index contributed by atoms with van der Waals surface area (Å²) >= 11 is 0. The fourth-order valence-corrected chi connectivity index (χ4v) is 2.57. The minimum atomic E-state index is -4.67. The molecule has 1 fully saturated rings. The molecule has 1 aromatic carbocycles. The van der Waals surface area contributed by atoms with Crippen LogP contribution in [0.4, 0.5) is 23.5 Å². The largest absolute Gasteiger partial charge is 0.490 e. The number of benzene rings is 1. The van der Waals surface area contributed by atoms with Gasteiger partial charge in [0, 0.05) is 17.8 Å². The lowest BCUT2D eigenvalue weighted by Crippen LogP contribution is -2.17. The first kappa shape index (κ1) is 16.5. The summed E-state index contributed by atoms with van der Waals surface area (Å²) in [5.74, 6) is -0.214. The second-order valence-electron chi connectivity index (χ2n) is 5.97. The van der Waals surface area contributed by atoms with Crippen molar-refractivity contribution >= 4 is 5.95 Å². The fraction of sp³-hybridized carbons (Fsp3) is 0.235. The smallest absolute Gasteiger partial charge is 0.351 e. The van der Waals surface area contributed by atoms with Gasteiger partial charge in [-0.05, 0) is 43.2 Å². The van der Waals surface area contributed by atoms with Crippen LogP contribution in [0.1, 0.15) is 12.8 Å². The Labute approximate surface area is 145 Å². The zero-order chi connectivity index (χ0) is 18.3. The maximum atomic E-state index is 13.5. The van der Waals surface area contributed by atoms with Crippen molar-refractivity contribution in [3.63, 3.8) is 0 Å². The van der Waals surface area contributed by atoms with E-state index in [0.29, 0.717) is 11.9 Å². The summed E-state index contributed by atoms with van der Waals surface area (Å²) in [6, 6.07) is 6.76. The molecule has 0 bridgehead atoms. The van der Waals surface area contributed by atoms with E-state index in [2.05, 4.69) is 20.3 Å². The molecule has 1 N–H and O–H groups in total. The van der Waals surface area contributed by atoms with E-state index in [9.17, 15) is 17.6 Å². The van der Waals surface area contributed by atoms with E-state index in [1.54, 1.807) is 0 Å². The van der Waals surface area contributed by atoms with Crippen LogP contribution >= 0.6 is 0 Å². The summed E-state index contributed by atoms with van der Waals surface area (Å²) in [6.45, 7) is 0. The maximum absolute atomic E-state index is 13.5. The summed E-state index contributed by atoms with van der Waals surface area (Å²) in [7, 11) is 0. The van der Waals surface area contributed by atoms with Crippen LogP contribution in [0.2, 0.25) is 0 Å². The Morgan fingerprint density at radius 1 is 1.04 bits per heavy atom. The van der Waals surface area contributed by atoms with Gasteiger partial charge >= 0.3 is 6.30 Å². The fourth-order valence-electron chi connectivity index (χ4n) is 2.57. The second-order valence-corrected chi connectivity index (χ2v) is 5.97. The highest BCUT2D eigenvalue weighted by Gasteiger charge is 2.35. The van der Waals surface area contributed by atoms with Gasteiger partial charge in [0.05, 0.1) is 11.4 Å². The summed E-state index contributed by atoms with van der Waals surface area (Å²) in [5.41, 5.74) is 0.292. The van der Waals surface area contributed by atoms with Crippen LogP contribution in [0, 0.1) is 5.82 Å². The summed E-state index contributed by atoms with van der Waals surface area (Å²) < 4.78 is 53.6. The predicted octanol–water partition coefficient (Wildman–Crippen LogP) is 4.20. The molecule has 0 spiro atoms. The van der Waals surface area contributed by atoms with Crippen molar-refractivity contribution in [1.82, 2.24) is 19.5 Å². The van der Waals surface area contributed by atoms with Crippen LogP contribution in [0.15, 0.2) is 42.9 Å². The third-order valence-corrected chi connectivity index (χ3v) is 3.97. The number of halogens is 4. The lowest BCUT2D eigenvalue weighted by atomic mass is 10.1. The minimum absolute atomic E-state index is 0.0680. The average Bonchev–Trinajstić information content (AvgIpc) is 3.28. The lowest BCUT2D eigenvalue weighted by Gasteiger charge is -2.13. The van der Waals surface area contributed by atoms with Crippen LogP contribution < -0.4 is 5.32 Å². The van der Waals surface area contributed by atoms with E-state index >= 15 is 0 Å². The van der Waals surface area contributed by atoms with Crippen molar-refractivity contribution in [2.24, 2.45) is 0 Å². The molecule has 4 rings (SSSR count). The van der Waals surface area contributed by atoms with E-state index in [0.717, 1.165) is 12.8 Å². The van der Waals surface area contributed by atoms with E-state index in [1.165, 1.54) is 36.5 Å². The van der Waals surface area contributed by atoms with E-state index in [1.807, 2.05) is 0 Å². The van der Waals surface area contributed by atoms with Crippen LogP contribution in [0.5, 0.6) is 0 Å². The van der Waals surface area contributed by atoms with Crippen molar-refractivity contribution in [2.75, 3.05) is 5.32 Å². The SMILES string of the molecule is Fc1ccc(-c2ncn(C(F)(F)F)c2-c2ccnc(NC3CC3)n2)cc1. The van der Waals surface area contributed by atoms with Crippen LogP contribution in [-0.4, -0.2) is 25.6 Å². The standard InChI is InChI=1S/C17H13F4N5/c18-11-3-1-10(2-4-11)14-15(26(9-23-14)17(19,20)21)13-7-8-22-16(25-13)24-12-5-6-12/h1-4,7-9,12H,5-6H2,(H,22,24,25). The van der Waals surface area contributed by atoms with Gasteiger partial charge in [-0.25, -0.2) is 23.9 Å². The molecule has 134 valence electrons. The molecule has 1 saturated carbocycles. The maximum Gasteiger partial charge on any atom is 0.490 e. The van der Waals surface area contributed by atoms with E-state index < -0.39 is 12.1 Å². The molecule has 1 aliphatic rings. The molecule has 2 aromatic heterocycles. The molecule has 0 radical (unpaired) electrons. The van der Waals surface area contributed by atoms with Gasteiger partial charge in [0.25, 0.3) is 0 Å². The van der Waals surface area contributed by atoms with Gasteiger partial charge in [-0.2, -0.15) is 0 Å². The topological polar surface area (TPSA) is 55.6 Å². The molecular weight excluding hydrogens is 350 g/mol. The number of alkyl halides is 3. The number of rotatable bonds is 4. The van der Waals surface area contributed by atoms with Crippen LogP contribution in [-0.2, 0) is 6.30 Å². The number of anilines is 1. The molecule has 2 heterocycles. The van der Waals surface area contributed by atoms with Gasteiger partial charge in [0.2, 0.25) is 5.95 Å². The quantitative estimate of drug-likeness (QED) is 0.706. The van der Waals surface area contributed by atoms with Gasteiger partial charge < -0.3 is 5.32 Å². The van der Waals surface area contributed by atoms with Crippen LogP contribution in [0.25, 0.3) is 22.6 Å². The van der Waals surface area contributed by atoms with Gasteiger partial charge in [-0.1, -0.05) is 0 Å². The third kappa shape index (κ3) is 3.24. The van der Waals surface area contributed by atoms with Crippen molar-refractivity contribution in [2.45, 2.75) is 25.2 Å². The molecule has 1 aliphatic carbocycles. The van der Waals surface area contributed by atoms with E-state index in [-0.39, 0.29) is 33.6 Å². The van der Waals surface area contributed by atoms with Gasteiger partial charge in [0.15, 0.2) is 0 Å². The van der Waals surface area contributed by atoms with Crippen LogP contribution in [0.3, 0.4) is 0 Å². The Morgan fingerprint density at radius 3 is 2.42 bits per heavy atom. The molecule has 3 aromatic rings. The number of nitrogens with zero attached hydrogens (tertiary/aromatic N) is 4. The third-order valence-electron chi connectivity index (χ3n) is 3.97. The minimum Gasteiger partial charge on any atom is -0.351 e. The molecule has 5 nitrogen and oxygen atoms in total. The molecule has 0 atom stereocenters. The predicted molar refractivity (Wildman–Crippen MR) is 86.6 cm³/mol. The first-order valence-corrected chi connectivity index (χ1v) is 7.92. The first-order chi connectivity index (χ1) is 12.4. The number of nitrogens with one attached hydrogen (secondary N) is 1. The Bertz CT molecular complexity index is 929. The average molecular weight is 363 g/mol. The molecule has 26 heavy (non-hydrogen) atoms. The molecule has 0 saturated heterocycles. The molecule has 0 unspecified atom stereocenters. The van der Waals surface area contributed by atoms with E-state index in [4.69, 9.17) is 0 Å². The number of imidazole rings is 1. The van der Waals surface area contributed by atoms with Gasteiger partial charge in [0.1, 0.15) is 17.8 Å². The normalized spacial score (nSPS) is 14.5. The van der Waals surface area contributed by atoms with Crippen molar-refractivity contribution < 1.29 is 17.6 Å². The Balaban J connectivity index is 1.85. The number of hydrogen-bond donors (Lipinski definition) is 1. The second kappa shape index (κ2) is 6.08. The van der Waals surface area contributed by atoms with Crippen molar-refractivity contribution in [1.29, 1.82) is 0 Å². The van der Waals surface area contributed by atoms with Crippen molar-refractivity contribution in [3.8, 4) is 22.6 Å². The molecule has 9 heteroatoms. The zero-order valence-corrected chi connectivity index (χ0v) is 13.3. The Hall–Kier alpha value is -2.97. The summed E-state index contributed by atoms with van der Waals surface area (Å²) in [4.78, 5) is 12.2. The Morgan fingerprint density at radius 2 is 1.77 bits per heavy atom. The lowest BCUT2D eigenvalue weighted by molar-refractivity contribution is -0.202. The Kier molecular flexibility index (Phi) is 3.86. The highest BCUT2D eigenvalue weighted by atomic mass is 19.4. The number of hydrogen-bond acceptors (Lipinski definition) is 4. The van der Waals surface area contributed by atoms with Gasteiger partial charge in [-0.15, -0.1) is 13.2 Å². The highest BCUT2D eigenvalue weighted by molar-refractivity contribution is 5.77. The molecule has 0 amide bonds. The van der Waals surface area contributed by atoms with Gasteiger partial charge in [-0.3, -0.25) is 0 Å². The van der Waals surface area contributed by atoms with Crippen molar-refractivity contribution in [3.05, 3.63) is 48.7 Å². The molecular formula is C17H13F4N5. The molecule has 0 aliphatic heterocycles. The summed E-state index contributed by atoms with van der Waals surface area (Å²) in [6.07, 6.45) is -0.612. The highest BCUT2D eigenvalue weighted by Crippen LogP contribution is 2.36. The monoisotopic (exact) mass is 363 g/mol.